The molecule has 5 heteroatoms. The predicted octanol–water partition coefficient (Wildman–Crippen LogP) is 4.75. The van der Waals surface area contributed by atoms with Crippen LogP contribution in [-0.2, 0) is 4.79 Å². The Labute approximate surface area is 166 Å². The smallest absolute Gasteiger partial charge is 0.324 e. The summed E-state index contributed by atoms with van der Waals surface area (Å²) < 4.78 is 0. The molecular weight excluding hydrogens is 338 g/mol. The van der Waals surface area contributed by atoms with E-state index in [-0.39, 0.29) is 29.1 Å². The number of nitrogens with one attached hydrogen (secondary N) is 2. The largest absolute Gasteiger partial charge is 0.335 e. The lowest BCUT2D eigenvalue weighted by atomic mass is 9.96. The summed E-state index contributed by atoms with van der Waals surface area (Å²) in [6.45, 7) is 8.59. The number of imide groups is 1. The summed E-state index contributed by atoms with van der Waals surface area (Å²) in [6.07, 6.45) is 13.9. The van der Waals surface area contributed by atoms with Gasteiger partial charge in [-0.15, -0.1) is 0 Å². The van der Waals surface area contributed by atoms with Crippen LogP contribution in [0.15, 0.2) is 0 Å². The fourth-order valence-electron chi connectivity index (χ4n) is 4.70. The van der Waals surface area contributed by atoms with Crippen molar-refractivity contribution in [1.82, 2.24) is 15.5 Å². The monoisotopic (exact) mass is 379 g/mol. The van der Waals surface area contributed by atoms with Crippen molar-refractivity contribution in [1.29, 1.82) is 0 Å². The molecule has 0 aromatic rings. The lowest BCUT2D eigenvalue weighted by Crippen LogP contribution is -2.55. The Morgan fingerprint density at radius 3 is 1.89 bits per heavy atom. The number of carbonyl (C=O) groups is 2. The van der Waals surface area contributed by atoms with Crippen molar-refractivity contribution in [3.63, 3.8) is 0 Å². The van der Waals surface area contributed by atoms with E-state index in [9.17, 15) is 9.59 Å². The molecule has 1 saturated carbocycles. The van der Waals surface area contributed by atoms with E-state index >= 15 is 0 Å². The van der Waals surface area contributed by atoms with Gasteiger partial charge in [0, 0.05) is 30.1 Å². The molecule has 5 nitrogen and oxygen atoms in total. The van der Waals surface area contributed by atoms with Gasteiger partial charge in [-0.1, -0.05) is 57.8 Å². The van der Waals surface area contributed by atoms with Crippen LogP contribution in [-0.4, -0.2) is 40.5 Å². The van der Waals surface area contributed by atoms with Crippen molar-refractivity contribution < 1.29 is 9.59 Å². The van der Waals surface area contributed by atoms with Crippen molar-refractivity contribution in [3.05, 3.63) is 0 Å². The lowest BCUT2D eigenvalue weighted by Gasteiger charge is -2.34. The van der Waals surface area contributed by atoms with E-state index in [1.807, 2.05) is 13.8 Å². The summed E-state index contributed by atoms with van der Waals surface area (Å²) >= 11 is 0. The summed E-state index contributed by atoms with van der Waals surface area (Å²) in [5.74, 6) is -0.0799. The van der Waals surface area contributed by atoms with E-state index in [1.54, 1.807) is 0 Å². The first-order valence-corrected chi connectivity index (χ1v) is 11.1. The van der Waals surface area contributed by atoms with Gasteiger partial charge in [0.25, 0.3) is 0 Å². The predicted molar refractivity (Wildman–Crippen MR) is 111 cm³/mol. The molecule has 1 saturated heterocycles. The number of rotatable bonds is 1. The van der Waals surface area contributed by atoms with Gasteiger partial charge in [0.05, 0.1) is 0 Å². The maximum absolute atomic E-state index is 13.0. The van der Waals surface area contributed by atoms with Crippen LogP contribution in [0.25, 0.3) is 0 Å². The Balaban J connectivity index is 1.98. The quantitative estimate of drug-likeness (QED) is 0.691. The first-order valence-electron chi connectivity index (χ1n) is 11.1. The zero-order chi connectivity index (χ0) is 19.9. The average Bonchev–Trinajstić information content (AvgIpc) is 2.61. The molecular formula is C22H41N3O2. The van der Waals surface area contributed by atoms with Crippen LogP contribution >= 0.6 is 0 Å². The van der Waals surface area contributed by atoms with Gasteiger partial charge in [0.15, 0.2) is 0 Å². The molecule has 2 rings (SSSR count). The topological polar surface area (TPSA) is 61.4 Å². The summed E-state index contributed by atoms with van der Waals surface area (Å²) in [6, 6.07) is -0.0123. The summed E-state index contributed by atoms with van der Waals surface area (Å²) in [5, 5.41) is 6.72. The molecule has 0 aromatic carbocycles. The van der Waals surface area contributed by atoms with Crippen molar-refractivity contribution >= 4 is 11.9 Å². The van der Waals surface area contributed by atoms with Gasteiger partial charge in [0.2, 0.25) is 5.91 Å². The number of amides is 3. The van der Waals surface area contributed by atoms with Crippen molar-refractivity contribution in [2.24, 2.45) is 0 Å². The molecule has 2 fully saturated rings. The van der Waals surface area contributed by atoms with Crippen molar-refractivity contribution in [2.45, 2.75) is 122 Å². The van der Waals surface area contributed by atoms with E-state index in [0.717, 1.165) is 12.8 Å². The standard InChI is InChI=1S/C22H41N3O2/c1-21(2)16-19(26)25(17-22(3,4)24-21)20(27)23-18-14-12-10-8-6-5-7-9-11-13-15-18/h18,24H,5-17H2,1-4H3,(H,23,27). The first kappa shape index (κ1) is 22.2. The van der Waals surface area contributed by atoms with Gasteiger partial charge in [-0.3, -0.25) is 9.69 Å². The number of urea groups is 1. The molecule has 27 heavy (non-hydrogen) atoms. The maximum atomic E-state index is 13.0. The van der Waals surface area contributed by atoms with Crippen LogP contribution in [0.1, 0.15) is 105 Å². The number of carbonyl (C=O) groups excluding carboxylic acids is 2. The first-order chi connectivity index (χ1) is 12.7. The Morgan fingerprint density at radius 1 is 0.889 bits per heavy atom. The van der Waals surface area contributed by atoms with Crippen LogP contribution in [0.3, 0.4) is 0 Å². The molecule has 0 atom stereocenters. The van der Waals surface area contributed by atoms with Crippen LogP contribution < -0.4 is 10.6 Å². The van der Waals surface area contributed by atoms with E-state index in [4.69, 9.17) is 0 Å². The highest BCUT2D eigenvalue weighted by Gasteiger charge is 2.39. The SMILES string of the molecule is CC1(C)CC(=O)N(C(=O)NC2CCCCCCCCCCC2)CC(C)(C)N1. The zero-order valence-corrected chi connectivity index (χ0v) is 18.0. The molecule has 1 aliphatic carbocycles. The fraction of sp³-hybridized carbons (Fsp3) is 0.909. The third kappa shape index (κ3) is 7.81. The summed E-state index contributed by atoms with van der Waals surface area (Å²) in [4.78, 5) is 27.1. The Kier molecular flexibility index (Phi) is 8.14. The van der Waals surface area contributed by atoms with Gasteiger partial charge in [0.1, 0.15) is 0 Å². The normalized spacial score (nSPS) is 25.8. The highest BCUT2D eigenvalue weighted by atomic mass is 16.2. The Bertz CT molecular complexity index is 490. The molecule has 0 aromatic heterocycles. The van der Waals surface area contributed by atoms with Gasteiger partial charge < -0.3 is 10.6 Å². The minimum Gasteiger partial charge on any atom is -0.335 e. The van der Waals surface area contributed by atoms with Crippen LogP contribution in [0.2, 0.25) is 0 Å². The minimum absolute atomic E-state index is 0.0799. The van der Waals surface area contributed by atoms with E-state index in [2.05, 4.69) is 24.5 Å². The Morgan fingerprint density at radius 2 is 1.37 bits per heavy atom. The molecule has 156 valence electrons. The maximum Gasteiger partial charge on any atom is 0.324 e. The van der Waals surface area contributed by atoms with E-state index in [1.165, 1.54) is 62.7 Å². The van der Waals surface area contributed by atoms with Gasteiger partial charge in [-0.05, 0) is 40.5 Å². The molecule has 1 aliphatic heterocycles. The number of hydrogen-bond acceptors (Lipinski definition) is 3. The summed E-state index contributed by atoms with van der Waals surface area (Å²) in [7, 11) is 0. The molecule has 0 spiro atoms. The molecule has 2 aliphatic rings. The van der Waals surface area contributed by atoms with Gasteiger partial charge in [-0.2, -0.15) is 0 Å². The minimum atomic E-state index is -0.303. The molecule has 1 heterocycles. The van der Waals surface area contributed by atoms with Crippen LogP contribution in [0.5, 0.6) is 0 Å². The summed E-state index contributed by atoms with van der Waals surface area (Å²) in [5.41, 5.74) is -0.595. The second-order valence-corrected chi connectivity index (χ2v) is 9.96. The van der Waals surface area contributed by atoms with Gasteiger partial charge in [-0.25, -0.2) is 4.79 Å². The number of nitrogens with zero attached hydrogens (tertiary/aromatic N) is 1. The second-order valence-electron chi connectivity index (χ2n) is 9.96. The fourth-order valence-corrected chi connectivity index (χ4v) is 4.70. The molecule has 0 radical (unpaired) electrons. The molecule has 3 amide bonds. The zero-order valence-electron chi connectivity index (χ0n) is 18.0. The average molecular weight is 380 g/mol. The van der Waals surface area contributed by atoms with Gasteiger partial charge >= 0.3 is 6.03 Å². The van der Waals surface area contributed by atoms with Crippen molar-refractivity contribution in [2.75, 3.05) is 6.54 Å². The molecule has 2 N–H and O–H groups in total. The van der Waals surface area contributed by atoms with Crippen LogP contribution in [0, 0.1) is 0 Å². The second kappa shape index (κ2) is 9.90. The van der Waals surface area contributed by atoms with Crippen molar-refractivity contribution in [3.8, 4) is 0 Å². The third-order valence-electron chi connectivity index (χ3n) is 5.80. The highest BCUT2D eigenvalue weighted by Crippen LogP contribution is 2.23. The third-order valence-corrected chi connectivity index (χ3v) is 5.80. The molecule has 0 bridgehead atoms. The Hall–Kier alpha value is -1.10. The lowest BCUT2D eigenvalue weighted by molar-refractivity contribution is -0.128. The highest BCUT2D eigenvalue weighted by molar-refractivity contribution is 5.95. The van der Waals surface area contributed by atoms with E-state index < -0.39 is 0 Å². The molecule has 0 unspecified atom stereocenters. The van der Waals surface area contributed by atoms with Crippen LogP contribution in [0.4, 0.5) is 4.79 Å². The number of hydrogen-bond donors (Lipinski definition) is 2. The van der Waals surface area contributed by atoms with E-state index in [0.29, 0.717) is 13.0 Å².